The average molecular weight is 378 g/mol. The monoisotopic (exact) mass is 378 g/mol. The summed E-state index contributed by atoms with van der Waals surface area (Å²) in [5.74, 6) is -0.588. The second-order valence-electron chi connectivity index (χ2n) is 6.04. The van der Waals surface area contributed by atoms with Crippen LogP contribution in [0.2, 0.25) is 0 Å². The summed E-state index contributed by atoms with van der Waals surface area (Å²) >= 11 is 0. The Morgan fingerprint density at radius 2 is 1.68 bits per heavy atom. The highest BCUT2D eigenvalue weighted by molar-refractivity contribution is 5.99. The van der Waals surface area contributed by atoms with E-state index in [1.807, 2.05) is 12.1 Å². The van der Waals surface area contributed by atoms with Crippen LogP contribution in [0.1, 0.15) is 15.9 Å². The molecule has 0 aromatic heterocycles. The summed E-state index contributed by atoms with van der Waals surface area (Å²) in [6.45, 7) is 0.0929. The van der Waals surface area contributed by atoms with Crippen LogP contribution in [-0.4, -0.2) is 18.4 Å². The number of benzene rings is 3. The quantitative estimate of drug-likeness (QED) is 0.658. The minimum absolute atomic E-state index is 0.141. The third kappa shape index (κ3) is 5.67. The number of hydrogen-bond donors (Lipinski definition) is 2. The van der Waals surface area contributed by atoms with Crippen LogP contribution in [0, 0.1) is 5.82 Å². The molecule has 0 unspecified atom stereocenters. The topological polar surface area (TPSA) is 67.4 Å². The lowest BCUT2D eigenvalue weighted by molar-refractivity contribution is -0.115. The van der Waals surface area contributed by atoms with Crippen molar-refractivity contribution in [1.82, 2.24) is 5.32 Å². The number of hydrogen-bond acceptors (Lipinski definition) is 3. The summed E-state index contributed by atoms with van der Waals surface area (Å²) in [5.41, 5.74) is 1.89. The van der Waals surface area contributed by atoms with E-state index in [2.05, 4.69) is 10.6 Å². The van der Waals surface area contributed by atoms with Gasteiger partial charge in [0.25, 0.3) is 5.91 Å². The molecule has 0 radical (unpaired) electrons. The average Bonchev–Trinajstić information content (AvgIpc) is 2.71. The van der Waals surface area contributed by atoms with Gasteiger partial charge in [0, 0.05) is 17.3 Å². The highest BCUT2D eigenvalue weighted by atomic mass is 19.1. The van der Waals surface area contributed by atoms with E-state index in [4.69, 9.17) is 4.74 Å². The Kier molecular flexibility index (Phi) is 6.36. The molecule has 28 heavy (non-hydrogen) atoms. The Bertz CT molecular complexity index is 961. The highest BCUT2D eigenvalue weighted by Gasteiger charge is 2.08. The molecule has 0 saturated carbocycles. The fourth-order valence-electron chi connectivity index (χ4n) is 2.52. The second-order valence-corrected chi connectivity index (χ2v) is 6.04. The maximum Gasteiger partial charge on any atom is 0.251 e. The van der Waals surface area contributed by atoms with E-state index < -0.39 is 0 Å². The summed E-state index contributed by atoms with van der Waals surface area (Å²) in [5, 5.41) is 5.30. The van der Waals surface area contributed by atoms with Gasteiger partial charge in [-0.2, -0.15) is 0 Å². The zero-order valence-corrected chi connectivity index (χ0v) is 15.0. The van der Waals surface area contributed by atoms with Gasteiger partial charge in [-0.25, -0.2) is 4.39 Å². The number of nitrogens with one attached hydrogen (secondary N) is 2. The van der Waals surface area contributed by atoms with Crippen molar-refractivity contribution in [2.24, 2.45) is 0 Å². The van der Waals surface area contributed by atoms with Crippen molar-refractivity contribution < 1.29 is 18.7 Å². The molecule has 0 aliphatic heterocycles. The molecule has 3 rings (SSSR count). The number of anilines is 1. The summed E-state index contributed by atoms with van der Waals surface area (Å²) in [7, 11) is 0. The first-order chi connectivity index (χ1) is 13.6. The number of amides is 2. The molecule has 0 bridgehead atoms. The Balaban J connectivity index is 1.51. The summed E-state index contributed by atoms with van der Waals surface area (Å²) < 4.78 is 18.7. The minimum atomic E-state index is -0.365. The first kappa shape index (κ1) is 19.1. The molecule has 3 aromatic rings. The maximum atomic E-state index is 13.2. The van der Waals surface area contributed by atoms with E-state index in [0.717, 1.165) is 5.56 Å². The van der Waals surface area contributed by atoms with Gasteiger partial charge in [0.05, 0.1) is 6.54 Å². The third-order valence-electron chi connectivity index (χ3n) is 3.86. The number of ether oxygens (including phenoxy) is 1. The van der Waals surface area contributed by atoms with Gasteiger partial charge in [-0.3, -0.25) is 9.59 Å². The van der Waals surface area contributed by atoms with E-state index in [1.54, 1.807) is 54.6 Å². The van der Waals surface area contributed by atoms with Crippen molar-refractivity contribution in [3.8, 4) is 5.75 Å². The van der Waals surface area contributed by atoms with E-state index in [-0.39, 0.29) is 30.8 Å². The molecule has 6 heteroatoms. The van der Waals surface area contributed by atoms with Crippen molar-refractivity contribution in [3.05, 3.63) is 95.8 Å². The fraction of sp³-hybridized carbons (Fsp3) is 0.0909. The van der Waals surface area contributed by atoms with Crippen molar-refractivity contribution in [2.75, 3.05) is 11.9 Å². The molecule has 2 amide bonds. The number of rotatable bonds is 7. The van der Waals surface area contributed by atoms with E-state index >= 15 is 0 Å². The third-order valence-corrected chi connectivity index (χ3v) is 3.86. The molecular weight excluding hydrogens is 359 g/mol. The summed E-state index contributed by atoms with van der Waals surface area (Å²) in [6.07, 6.45) is 0. The van der Waals surface area contributed by atoms with Gasteiger partial charge in [-0.1, -0.05) is 36.4 Å². The lowest BCUT2D eigenvalue weighted by Gasteiger charge is -2.10. The number of halogens is 1. The van der Waals surface area contributed by atoms with Gasteiger partial charge in [-0.15, -0.1) is 0 Å². The van der Waals surface area contributed by atoms with Gasteiger partial charge in [-0.05, 0) is 42.0 Å². The second kappa shape index (κ2) is 9.32. The van der Waals surface area contributed by atoms with Gasteiger partial charge in [0.2, 0.25) is 5.91 Å². The molecule has 0 aliphatic rings. The van der Waals surface area contributed by atoms with Gasteiger partial charge < -0.3 is 15.4 Å². The van der Waals surface area contributed by atoms with Crippen LogP contribution >= 0.6 is 0 Å². The van der Waals surface area contributed by atoms with Crippen molar-refractivity contribution in [2.45, 2.75) is 6.61 Å². The molecule has 0 heterocycles. The van der Waals surface area contributed by atoms with Gasteiger partial charge in [0.1, 0.15) is 18.2 Å². The van der Waals surface area contributed by atoms with Gasteiger partial charge in [0.15, 0.2) is 0 Å². The van der Waals surface area contributed by atoms with Gasteiger partial charge >= 0.3 is 0 Å². The molecule has 2 N–H and O–H groups in total. The Labute approximate surface area is 162 Å². The first-order valence-electron chi connectivity index (χ1n) is 8.70. The zero-order valence-electron chi connectivity index (χ0n) is 15.0. The lowest BCUT2D eigenvalue weighted by atomic mass is 10.2. The van der Waals surface area contributed by atoms with Crippen LogP contribution in [0.3, 0.4) is 0 Å². The summed E-state index contributed by atoms with van der Waals surface area (Å²) in [6, 6.07) is 21.7. The van der Waals surface area contributed by atoms with Crippen molar-refractivity contribution >= 4 is 17.5 Å². The van der Waals surface area contributed by atoms with Crippen LogP contribution in [0.5, 0.6) is 5.75 Å². The van der Waals surface area contributed by atoms with Crippen molar-refractivity contribution in [1.29, 1.82) is 0 Å². The van der Waals surface area contributed by atoms with Crippen LogP contribution in [0.15, 0.2) is 78.9 Å². The Morgan fingerprint density at radius 3 is 2.46 bits per heavy atom. The Hall–Kier alpha value is -3.67. The normalized spacial score (nSPS) is 10.2. The SMILES string of the molecule is O=C(CNC(=O)c1ccccc1)Nc1cccc(COc2cccc(F)c2)c1. The lowest BCUT2D eigenvalue weighted by Crippen LogP contribution is -2.32. The molecule has 0 fully saturated rings. The fourth-order valence-corrected chi connectivity index (χ4v) is 2.52. The molecule has 0 saturated heterocycles. The Morgan fingerprint density at radius 1 is 0.893 bits per heavy atom. The van der Waals surface area contributed by atoms with Crippen LogP contribution in [0.4, 0.5) is 10.1 Å². The molecule has 3 aromatic carbocycles. The molecule has 142 valence electrons. The zero-order chi connectivity index (χ0) is 19.8. The summed E-state index contributed by atoms with van der Waals surface area (Å²) in [4.78, 5) is 24.0. The first-order valence-corrected chi connectivity index (χ1v) is 8.70. The highest BCUT2D eigenvalue weighted by Crippen LogP contribution is 2.16. The maximum absolute atomic E-state index is 13.2. The van der Waals surface area contributed by atoms with Crippen molar-refractivity contribution in [3.63, 3.8) is 0 Å². The molecule has 0 aliphatic carbocycles. The number of carbonyl (C=O) groups is 2. The molecule has 0 atom stereocenters. The predicted molar refractivity (Wildman–Crippen MR) is 105 cm³/mol. The van der Waals surface area contributed by atoms with E-state index in [9.17, 15) is 14.0 Å². The van der Waals surface area contributed by atoms with Crippen LogP contribution in [0.25, 0.3) is 0 Å². The smallest absolute Gasteiger partial charge is 0.251 e. The van der Waals surface area contributed by atoms with E-state index in [0.29, 0.717) is 17.0 Å². The molecular formula is C22H19FN2O3. The largest absolute Gasteiger partial charge is 0.489 e. The van der Waals surface area contributed by atoms with Crippen LogP contribution in [-0.2, 0) is 11.4 Å². The van der Waals surface area contributed by atoms with E-state index in [1.165, 1.54) is 12.1 Å². The standard InChI is InChI=1S/C22H19FN2O3/c23-18-9-5-11-20(13-18)28-15-16-6-4-10-19(12-16)25-21(26)14-24-22(27)17-7-2-1-3-8-17/h1-13H,14-15H2,(H,24,27)(H,25,26). The minimum Gasteiger partial charge on any atom is -0.489 e. The van der Waals surface area contributed by atoms with Crippen LogP contribution < -0.4 is 15.4 Å². The molecule has 5 nitrogen and oxygen atoms in total. The molecule has 0 spiro atoms. The predicted octanol–water partition coefficient (Wildman–Crippen LogP) is 3.77. The number of carbonyl (C=O) groups excluding carboxylic acids is 2.